The zero-order chi connectivity index (χ0) is 14.6. The number of rotatable bonds is 8. The topological polar surface area (TPSA) is 52.7 Å². The van der Waals surface area contributed by atoms with E-state index in [1.165, 1.54) is 17.1 Å². The Bertz CT molecular complexity index is 390. The van der Waals surface area contributed by atoms with E-state index in [1.807, 2.05) is 6.26 Å². The first-order chi connectivity index (χ1) is 9.54. The second kappa shape index (κ2) is 7.45. The van der Waals surface area contributed by atoms with Crippen LogP contribution in [0.4, 0.5) is 0 Å². The molecule has 0 unspecified atom stereocenters. The summed E-state index contributed by atoms with van der Waals surface area (Å²) in [7, 11) is -1.56. The van der Waals surface area contributed by atoms with E-state index in [0.717, 1.165) is 31.2 Å². The van der Waals surface area contributed by atoms with Crippen molar-refractivity contribution in [1.82, 2.24) is 13.9 Å². The molecular weight excluding hydrogens is 294 g/mol. The van der Waals surface area contributed by atoms with E-state index in [9.17, 15) is 8.42 Å². The van der Waals surface area contributed by atoms with Gasteiger partial charge in [-0.3, -0.25) is 0 Å². The molecule has 5 nitrogen and oxygen atoms in total. The summed E-state index contributed by atoms with van der Waals surface area (Å²) in [5, 5.41) is 3.55. The van der Waals surface area contributed by atoms with E-state index in [2.05, 4.69) is 5.32 Å². The van der Waals surface area contributed by atoms with Crippen LogP contribution in [0.5, 0.6) is 0 Å². The van der Waals surface area contributed by atoms with Gasteiger partial charge in [0.15, 0.2) is 0 Å². The quantitative estimate of drug-likeness (QED) is 0.724. The van der Waals surface area contributed by atoms with Crippen LogP contribution in [0.3, 0.4) is 0 Å². The first-order valence-electron chi connectivity index (χ1n) is 7.47. The summed E-state index contributed by atoms with van der Waals surface area (Å²) < 4.78 is 27.9. The molecule has 1 saturated heterocycles. The highest BCUT2D eigenvalue weighted by Gasteiger charge is 2.31. The third-order valence-corrected chi connectivity index (χ3v) is 6.76. The van der Waals surface area contributed by atoms with E-state index < -0.39 is 10.2 Å². The predicted octanol–water partition coefficient (Wildman–Crippen LogP) is 0.990. The first kappa shape index (κ1) is 16.5. The average molecular weight is 322 g/mol. The molecule has 2 fully saturated rings. The standard InChI is InChI=1S/C13H27N3O2S2/c1-15(9-10-19-2)20(17,18)16-7-5-12(6-8-16)11-14-13-3-4-13/h12-14H,3-11H2,1-2H3. The molecule has 0 amide bonds. The fraction of sp³-hybridized carbons (Fsp3) is 1.00. The van der Waals surface area contributed by atoms with Gasteiger partial charge in [-0.25, -0.2) is 0 Å². The van der Waals surface area contributed by atoms with E-state index >= 15 is 0 Å². The minimum Gasteiger partial charge on any atom is -0.314 e. The molecule has 1 aliphatic carbocycles. The van der Waals surface area contributed by atoms with E-state index in [0.29, 0.717) is 25.6 Å². The molecule has 1 saturated carbocycles. The monoisotopic (exact) mass is 321 g/mol. The van der Waals surface area contributed by atoms with Gasteiger partial charge in [-0.2, -0.15) is 28.8 Å². The smallest absolute Gasteiger partial charge is 0.281 e. The highest BCUT2D eigenvalue weighted by Crippen LogP contribution is 2.23. The van der Waals surface area contributed by atoms with Crippen LogP contribution in [-0.2, 0) is 10.2 Å². The summed E-state index contributed by atoms with van der Waals surface area (Å²) in [6.45, 7) is 2.99. The van der Waals surface area contributed by atoms with E-state index in [4.69, 9.17) is 0 Å². The molecule has 7 heteroatoms. The summed E-state index contributed by atoms with van der Waals surface area (Å²) in [6.07, 6.45) is 6.59. The molecule has 0 bridgehead atoms. The fourth-order valence-electron chi connectivity index (χ4n) is 2.50. The molecule has 2 aliphatic rings. The SMILES string of the molecule is CSCCN(C)S(=O)(=O)N1CCC(CNC2CC2)CC1. The molecule has 118 valence electrons. The van der Waals surface area contributed by atoms with Crippen LogP contribution in [0.25, 0.3) is 0 Å². The minimum absolute atomic E-state index is 0.590. The van der Waals surface area contributed by atoms with Crippen molar-refractivity contribution in [2.75, 3.05) is 45.2 Å². The lowest BCUT2D eigenvalue weighted by molar-refractivity contribution is 0.254. The van der Waals surface area contributed by atoms with Crippen LogP contribution in [0, 0.1) is 5.92 Å². The molecule has 1 aliphatic heterocycles. The molecule has 0 aromatic carbocycles. The van der Waals surface area contributed by atoms with Crippen molar-refractivity contribution < 1.29 is 8.42 Å². The molecule has 0 spiro atoms. The van der Waals surface area contributed by atoms with Crippen LogP contribution in [0.15, 0.2) is 0 Å². The molecule has 20 heavy (non-hydrogen) atoms. The summed E-state index contributed by atoms with van der Waals surface area (Å²) in [5.41, 5.74) is 0. The maximum atomic E-state index is 12.4. The Labute approximate surface area is 127 Å². The lowest BCUT2D eigenvalue weighted by Gasteiger charge is -2.33. The van der Waals surface area contributed by atoms with Gasteiger partial charge in [-0.15, -0.1) is 0 Å². The summed E-state index contributed by atoms with van der Waals surface area (Å²) in [5.74, 6) is 1.48. The highest BCUT2D eigenvalue weighted by atomic mass is 32.2. The maximum Gasteiger partial charge on any atom is 0.281 e. The summed E-state index contributed by atoms with van der Waals surface area (Å²) in [6, 6.07) is 0.745. The fourth-order valence-corrected chi connectivity index (χ4v) is 4.46. The number of piperidine rings is 1. The lowest BCUT2D eigenvalue weighted by atomic mass is 9.98. The second-order valence-corrected chi connectivity index (χ2v) is 8.87. The number of hydrogen-bond acceptors (Lipinski definition) is 4. The van der Waals surface area contributed by atoms with Gasteiger partial charge in [-0.1, -0.05) is 0 Å². The minimum atomic E-state index is -3.24. The predicted molar refractivity (Wildman–Crippen MR) is 85.3 cm³/mol. The van der Waals surface area contributed by atoms with Crippen molar-refractivity contribution in [3.8, 4) is 0 Å². The van der Waals surface area contributed by atoms with Gasteiger partial charge < -0.3 is 5.32 Å². The van der Waals surface area contributed by atoms with Crippen molar-refractivity contribution in [3.05, 3.63) is 0 Å². The van der Waals surface area contributed by atoms with Crippen LogP contribution in [0.2, 0.25) is 0 Å². The Balaban J connectivity index is 1.76. The summed E-state index contributed by atoms with van der Waals surface area (Å²) in [4.78, 5) is 0. The lowest BCUT2D eigenvalue weighted by Crippen LogP contribution is -2.47. The van der Waals surface area contributed by atoms with Crippen LogP contribution < -0.4 is 5.32 Å². The Kier molecular flexibility index (Phi) is 6.16. The Morgan fingerprint density at radius 2 is 1.90 bits per heavy atom. The van der Waals surface area contributed by atoms with Gasteiger partial charge in [0.05, 0.1) is 0 Å². The normalized spacial score (nSPS) is 22.6. The second-order valence-electron chi connectivity index (χ2n) is 5.85. The molecule has 0 aromatic rings. The first-order valence-corrected chi connectivity index (χ1v) is 10.3. The van der Waals surface area contributed by atoms with Crippen LogP contribution in [-0.4, -0.2) is 68.3 Å². The zero-order valence-electron chi connectivity index (χ0n) is 12.5. The molecule has 1 N–H and O–H groups in total. The molecular formula is C13H27N3O2S2. The van der Waals surface area contributed by atoms with Crippen molar-refractivity contribution in [2.45, 2.75) is 31.7 Å². The third-order valence-electron chi connectivity index (χ3n) is 4.18. The van der Waals surface area contributed by atoms with Gasteiger partial charge in [0.25, 0.3) is 10.2 Å². The third kappa shape index (κ3) is 4.59. The molecule has 0 radical (unpaired) electrons. The van der Waals surface area contributed by atoms with Gasteiger partial charge in [0, 0.05) is 38.5 Å². The van der Waals surface area contributed by atoms with Gasteiger partial charge >= 0.3 is 0 Å². The van der Waals surface area contributed by atoms with Gasteiger partial charge in [0.1, 0.15) is 0 Å². The van der Waals surface area contributed by atoms with E-state index in [1.54, 1.807) is 23.1 Å². The zero-order valence-corrected chi connectivity index (χ0v) is 14.2. The van der Waals surface area contributed by atoms with E-state index in [-0.39, 0.29) is 0 Å². The summed E-state index contributed by atoms with van der Waals surface area (Å²) >= 11 is 1.68. The number of nitrogens with zero attached hydrogens (tertiary/aromatic N) is 2. The molecule has 1 heterocycles. The van der Waals surface area contributed by atoms with Crippen molar-refractivity contribution >= 4 is 22.0 Å². The van der Waals surface area contributed by atoms with Crippen molar-refractivity contribution in [1.29, 1.82) is 0 Å². The van der Waals surface area contributed by atoms with Crippen LogP contribution >= 0.6 is 11.8 Å². The van der Waals surface area contributed by atoms with Gasteiger partial charge in [-0.05, 0) is 44.4 Å². The van der Waals surface area contributed by atoms with Crippen LogP contribution in [0.1, 0.15) is 25.7 Å². The number of thioether (sulfide) groups is 1. The average Bonchev–Trinajstić information content (AvgIpc) is 3.27. The largest absolute Gasteiger partial charge is 0.314 e. The Morgan fingerprint density at radius 3 is 2.45 bits per heavy atom. The molecule has 0 atom stereocenters. The van der Waals surface area contributed by atoms with Crippen molar-refractivity contribution in [2.24, 2.45) is 5.92 Å². The Hall–Kier alpha value is 0.180. The molecule has 0 aromatic heterocycles. The Morgan fingerprint density at radius 1 is 1.25 bits per heavy atom. The molecule has 2 rings (SSSR count). The maximum absolute atomic E-state index is 12.4. The van der Waals surface area contributed by atoms with Crippen molar-refractivity contribution in [3.63, 3.8) is 0 Å². The van der Waals surface area contributed by atoms with Gasteiger partial charge in [0.2, 0.25) is 0 Å². The highest BCUT2D eigenvalue weighted by molar-refractivity contribution is 7.98. The number of nitrogens with one attached hydrogen (secondary N) is 1. The number of hydrogen-bond donors (Lipinski definition) is 1.